The monoisotopic (exact) mass is 360 g/mol. The minimum absolute atomic E-state index is 0.00628. The SMILES string of the molecule is O=C(COc1ccc(-c2ccccc2)cc1)NC1CN(c2cnccn2)C1. The zero-order chi connectivity index (χ0) is 18.5. The molecule has 0 unspecified atom stereocenters. The number of carbonyl (C=O) groups is 1. The number of amides is 1. The first kappa shape index (κ1) is 17.0. The Morgan fingerprint density at radius 3 is 2.48 bits per heavy atom. The molecule has 1 amide bonds. The minimum Gasteiger partial charge on any atom is -0.484 e. The molecule has 27 heavy (non-hydrogen) atoms. The number of nitrogens with one attached hydrogen (secondary N) is 1. The summed E-state index contributed by atoms with van der Waals surface area (Å²) in [5.41, 5.74) is 2.27. The molecule has 1 saturated heterocycles. The predicted octanol–water partition coefficient (Wildman–Crippen LogP) is 2.53. The van der Waals surface area contributed by atoms with Gasteiger partial charge in [0.1, 0.15) is 11.6 Å². The number of benzene rings is 2. The smallest absolute Gasteiger partial charge is 0.258 e. The second-order valence-corrected chi connectivity index (χ2v) is 6.41. The van der Waals surface area contributed by atoms with Crippen molar-refractivity contribution in [3.05, 3.63) is 73.2 Å². The van der Waals surface area contributed by atoms with Crippen LogP contribution in [0.25, 0.3) is 11.1 Å². The molecule has 0 aliphatic carbocycles. The van der Waals surface area contributed by atoms with Crippen molar-refractivity contribution in [1.29, 1.82) is 0 Å². The Labute approximate surface area is 157 Å². The molecule has 0 atom stereocenters. The average molecular weight is 360 g/mol. The van der Waals surface area contributed by atoms with Gasteiger partial charge in [-0.15, -0.1) is 0 Å². The largest absolute Gasteiger partial charge is 0.484 e. The van der Waals surface area contributed by atoms with Crippen molar-refractivity contribution in [2.75, 3.05) is 24.6 Å². The van der Waals surface area contributed by atoms with Crippen molar-refractivity contribution >= 4 is 11.7 Å². The van der Waals surface area contributed by atoms with Gasteiger partial charge >= 0.3 is 0 Å². The van der Waals surface area contributed by atoms with Crippen LogP contribution in [0.3, 0.4) is 0 Å². The van der Waals surface area contributed by atoms with Crippen LogP contribution in [-0.4, -0.2) is 41.6 Å². The van der Waals surface area contributed by atoms with E-state index in [1.54, 1.807) is 18.6 Å². The van der Waals surface area contributed by atoms with Crippen LogP contribution in [0.15, 0.2) is 73.2 Å². The van der Waals surface area contributed by atoms with E-state index in [0.717, 1.165) is 30.0 Å². The van der Waals surface area contributed by atoms with Gasteiger partial charge in [-0.3, -0.25) is 9.78 Å². The summed E-state index contributed by atoms with van der Waals surface area (Å²) in [6.45, 7) is 1.47. The lowest BCUT2D eigenvalue weighted by atomic mass is 10.1. The van der Waals surface area contributed by atoms with E-state index in [1.165, 1.54) is 0 Å². The summed E-state index contributed by atoms with van der Waals surface area (Å²) < 4.78 is 5.59. The molecule has 1 aromatic heterocycles. The van der Waals surface area contributed by atoms with Gasteiger partial charge in [0.15, 0.2) is 6.61 Å². The van der Waals surface area contributed by atoms with Crippen molar-refractivity contribution in [3.63, 3.8) is 0 Å². The van der Waals surface area contributed by atoms with E-state index in [1.807, 2.05) is 42.5 Å². The Bertz CT molecular complexity index is 879. The van der Waals surface area contributed by atoms with Gasteiger partial charge in [-0.25, -0.2) is 4.98 Å². The van der Waals surface area contributed by atoms with Crippen molar-refractivity contribution in [1.82, 2.24) is 15.3 Å². The second-order valence-electron chi connectivity index (χ2n) is 6.41. The fourth-order valence-electron chi connectivity index (χ4n) is 3.00. The van der Waals surface area contributed by atoms with Gasteiger partial charge in [-0.1, -0.05) is 42.5 Å². The van der Waals surface area contributed by atoms with E-state index in [0.29, 0.717) is 5.75 Å². The van der Waals surface area contributed by atoms with E-state index in [-0.39, 0.29) is 18.6 Å². The van der Waals surface area contributed by atoms with Crippen LogP contribution in [0.1, 0.15) is 0 Å². The van der Waals surface area contributed by atoms with Gasteiger partial charge in [-0.2, -0.15) is 0 Å². The normalized spacial score (nSPS) is 13.7. The number of anilines is 1. The first-order valence-electron chi connectivity index (χ1n) is 8.86. The lowest BCUT2D eigenvalue weighted by Gasteiger charge is -2.40. The number of rotatable bonds is 6. The maximum Gasteiger partial charge on any atom is 0.258 e. The van der Waals surface area contributed by atoms with E-state index in [9.17, 15) is 4.79 Å². The topological polar surface area (TPSA) is 67.3 Å². The molecule has 0 saturated carbocycles. The summed E-state index contributed by atoms with van der Waals surface area (Å²) in [7, 11) is 0. The maximum absolute atomic E-state index is 12.1. The Balaban J connectivity index is 1.22. The summed E-state index contributed by atoms with van der Waals surface area (Å²) in [5.74, 6) is 1.39. The Hall–Kier alpha value is -3.41. The highest BCUT2D eigenvalue weighted by Crippen LogP contribution is 2.22. The molecular formula is C21H20N4O2. The second kappa shape index (κ2) is 7.86. The highest BCUT2D eigenvalue weighted by Gasteiger charge is 2.29. The number of hydrogen-bond acceptors (Lipinski definition) is 5. The molecule has 0 bridgehead atoms. The maximum atomic E-state index is 12.1. The van der Waals surface area contributed by atoms with Crippen LogP contribution in [0.5, 0.6) is 5.75 Å². The van der Waals surface area contributed by atoms with E-state index in [2.05, 4.69) is 32.3 Å². The number of ether oxygens (including phenoxy) is 1. The molecule has 4 rings (SSSR count). The molecule has 3 aromatic rings. The quantitative estimate of drug-likeness (QED) is 0.732. The number of carbonyl (C=O) groups excluding carboxylic acids is 1. The van der Waals surface area contributed by atoms with Crippen molar-refractivity contribution in [2.45, 2.75) is 6.04 Å². The third kappa shape index (κ3) is 4.23. The predicted molar refractivity (Wildman–Crippen MR) is 104 cm³/mol. The van der Waals surface area contributed by atoms with Gasteiger partial charge in [0, 0.05) is 25.5 Å². The van der Waals surface area contributed by atoms with Crippen LogP contribution >= 0.6 is 0 Å². The molecule has 2 heterocycles. The molecule has 6 nitrogen and oxygen atoms in total. The number of nitrogens with zero attached hydrogens (tertiary/aromatic N) is 3. The van der Waals surface area contributed by atoms with E-state index < -0.39 is 0 Å². The molecule has 136 valence electrons. The fraction of sp³-hybridized carbons (Fsp3) is 0.190. The van der Waals surface area contributed by atoms with Gasteiger partial charge in [0.05, 0.1) is 12.2 Å². The number of aromatic nitrogens is 2. The third-order valence-corrected chi connectivity index (χ3v) is 4.45. The fourth-order valence-corrected chi connectivity index (χ4v) is 3.00. The first-order valence-corrected chi connectivity index (χ1v) is 8.86. The third-order valence-electron chi connectivity index (χ3n) is 4.45. The molecule has 2 aromatic carbocycles. The molecule has 0 radical (unpaired) electrons. The highest BCUT2D eigenvalue weighted by molar-refractivity contribution is 5.78. The van der Waals surface area contributed by atoms with Crippen molar-refractivity contribution in [2.24, 2.45) is 0 Å². The first-order chi connectivity index (χ1) is 13.3. The van der Waals surface area contributed by atoms with Crippen molar-refractivity contribution < 1.29 is 9.53 Å². The summed E-state index contributed by atoms with van der Waals surface area (Å²) in [6.07, 6.45) is 5.03. The Morgan fingerprint density at radius 2 is 1.78 bits per heavy atom. The molecule has 1 aliphatic heterocycles. The minimum atomic E-state index is -0.120. The molecule has 1 fully saturated rings. The van der Waals surface area contributed by atoms with E-state index in [4.69, 9.17) is 4.74 Å². The number of hydrogen-bond donors (Lipinski definition) is 1. The van der Waals surface area contributed by atoms with Crippen LogP contribution < -0.4 is 15.0 Å². The molecule has 1 N–H and O–H groups in total. The molecule has 1 aliphatic rings. The summed E-state index contributed by atoms with van der Waals surface area (Å²) in [5, 5.41) is 2.97. The zero-order valence-corrected chi connectivity index (χ0v) is 14.8. The van der Waals surface area contributed by atoms with Gasteiger partial charge in [0.2, 0.25) is 0 Å². The zero-order valence-electron chi connectivity index (χ0n) is 14.8. The van der Waals surface area contributed by atoms with Gasteiger partial charge in [0.25, 0.3) is 5.91 Å². The molecule has 0 spiro atoms. The average Bonchev–Trinajstić information content (AvgIpc) is 2.70. The van der Waals surface area contributed by atoms with E-state index >= 15 is 0 Å². The lowest BCUT2D eigenvalue weighted by Crippen LogP contribution is -2.60. The lowest BCUT2D eigenvalue weighted by molar-refractivity contribution is -0.123. The Morgan fingerprint density at radius 1 is 1.04 bits per heavy atom. The Kier molecular flexibility index (Phi) is 4.96. The van der Waals surface area contributed by atoms with Gasteiger partial charge in [-0.05, 0) is 23.3 Å². The highest BCUT2D eigenvalue weighted by atomic mass is 16.5. The summed E-state index contributed by atoms with van der Waals surface area (Å²) in [4.78, 5) is 22.4. The van der Waals surface area contributed by atoms with Crippen molar-refractivity contribution in [3.8, 4) is 16.9 Å². The standard InChI is InChI=1S/C21H20N4O2/c26-21(24-18-13-25(14-18)20-12-22-10-11-23-20)15-27-19-8-6-17(7-9-19)16-4-2-1-3-5-16/h1-12,18H,13-15H2,(H,24,26). The summed E-state index contributed by atoms with van der Waals surface area (Å²) in [6, 6.07) is 18.0. The van der Waals surface area contributed by atoms with Crippen LogP contribution in [0, 0.1) is 0 Å². The molecular weight excluding hydrogens is 340 g/mol. The molecule has 6 heteroatoms. The summed E-state index contributed by atoms with van der Waals surface area (Å²) >= 11 is 0. The van der Waals surface area contributed by atoms with Gasteiger partial charge < -0.3 is 15.0 Å². The van der Waals surface area contributed by atoms with Crippen LogP contribution in [-0.2, 0) is 4.79 Å². The van der Waals surface area contributed by atoms with Crippen LogP contribution in [0.2, 0.25) is 0 Å². The van der Waals surface area contributed by atoms with Crippen LogP contribution in [0.4, 0.5) is 5.82 Å².